The third-order valence-electron chi connectivity index (χ3n) is 15.0. The van der Waals surface area contributed by atoms with Crippen molar-refractivity contribution in [3.05, 3.63) is 12.2 Å². The average Bonchev–Trinajstić information content (AvgIpc) is 3.38. The monoisotopic (exact) mass is 1010 g/mol. The molecule has 0 amide bonds. The molecule has 1 atom stereocenters. The molecule has 0 saturated heterocycles. The number of carbonyl (C=O) groups excluding carboxylic acids is 3. The van der Waals surface area contributed by atoms with E-state index in [1.165, 1.54) is 276 Å². The van der Waals surface area contributed by atoms with Crippen LogP contribution in [0.1, 0.15) is 374 Å². The zero-order chi connectivity index (χ0) is 52.2. The van der Waals surface area contributed by atoms with Crippen molar-refractivity contribution in [1.29, 1.82) is 0 Å². The number of hydrogen-bond donors (Lipinski definition) is 0. The number of allylic oxidation sites excluding steroid dienone is 2. The van der Waals surface area contributed by atoms with Crippen LogP contribution in [0.3, 0.4) is 0 Å². The van der Waals surface area contributed by atoms with E-state index < -0.39 is 6.10 Å². The van der Waals surface area contributed by atoms with E-state index >= 15 is 0 Å². The molecule has 0 aromatic heterocycles. The molecule has 0 aliphatic heterocycles. The molecule has 0 saturated carbocycles. The zero-order valence-electron chi connectivity index (χ0n) is 49.0. The molecule has 0 rings (SSSR count). The van der Waals surface area contributed by atoms with Crippen LogP contribution in [0.15, 0.2) is 12.2 Å². The van der Waals surface area contributed by atoms with Crippen LogP contribution in [-0.4, -0.2) is 37.2 Å². The van der Waals surface area contributed by atoms with Crippen molar-refractivity contribution in [3.8, 4) is 0 Å². The van der Waals surface area contributed by atoms with Crippen LogP contribution < -0.4 is 0 Å². The van der Waals surface area contributed by atoms with Crippen LogP contribution in [-0.2, 0) is 28.6 Å². The van der Waals surface area contributed by atoms with Crippen LogP contribution in [0.4, 0.5) is 0 Å². The molecule has 72 heavy (non-hydrogen) atoms. The number of esters is 3. The van der Waals surface area contributed by atoms with Crippen molar-refractivity contribution in [2.45, 2.75) is 380 Å². The first-order valence-corrected chi connectivity index (χ1v) is 32.7. The lowest BCUT2D eigenvalue weighted by molar-refractivity contribution is -0.167. The normalized spacial score (nSPS) is 12.0. The largest absolute Gasteiger partial charge is 0.462 e. The summed E-state index contributed by atoms with van der Waals surface area (Å²) in [5, 5.41) is 0. The summed E-state index contributed by atoms with van der Waals surface area (Å²) in [6.45, 7) is 6.71. The quantitative estimate of drug-likeness (QED) is 0.0261. The van der Waals surface area contributed by atoms with E-state index in [0.717, 1.165) is 57.8 Å². The molecule has 0 heterocycles. The third kappa shape index (κ3) is 59.0. The Hall–Kier alpha value is -1.85. The number of carbonyl (C=O) groups is 3. The smallest absolute Gasteiger partial charge is 0.306 e. The molecule has 0 bridgehead atoms. The molecule has 0 aliphatic carbocycles. The third-order valence-corrected chi connectivity index (χ3v) is 15.0. The van der Waals surface area contributed by atoms with Gasteiger partial charge >= 0.3 is 17.9 Å². The predicted octanol–water partition coefficient (Wildman–Crippen LogP) is 22.1. The van der Waals surface area contributed by atoms with Crippen molar-refractivity contribution >= 4 is 17.9 Å². The Morgan fingerprint density at radius 3 is 0.694 bits per heavy atom. The number of unbranched alkanes of at least 4 members (excludes halogenated alkanes) is 48. The minimum absolute atomic E-state index is 0.0642. The first-order valence-electron chi connectivity index (χ1n) is 32.7. The highest BCUT2D eigenvalue weighted by molar-refractivity contribution is 5.71. The topological polar surface area (TPSA) is 78.9 Å². The summed E-state index contributed by atoms with van der Waals surface area (Å²) in [6.07, 6.45) is 72.2. The first kappa shape index (κ1) is 70.1. The van der Waals surface area contributed by atoms with E-state index in [4.69, 9.17) is 14.2 Å². The Labute approximate surface area is 450 Å². The van der Waals surface area contributed by atoms with Gasteiger partial charge in [0, 0.05) is 19.3 Å². The van der Waals surface area contributed by atoms with E-state index in [0.29, 0.717) is 19.3 Å². The van der Waals surface area contributed by atoms with Gasteiger partial charge in [-0.3, -0.25) is 14.4 Å². The van der Waals surface area contributed by atoms with E-state index in [1.807, 2.05) is 0 Å². The lowest BCUT2D eigenvalue weighted by Crippen LogP contribution is -2.30. The summed E-state index contributed by atoms with van der Waals surface area (Å²) in [5.74, 6) is -0.836. The Morgan fingerprint density at radius 2 is 0.458 bits per heavy atom. The molecule has 1 unspecified atom stereocenters. The van der Waals surface area contributed by atoms with Gasteiger partial charge in [0.15, 0.2) is 6.10 Å². The molecule has 0 aromatic rings. The second kappa shape index (κ2) is 61.7. The summed E-state index contributed by atoms with van der Waals surface area (Å²) >= 11 is 0. The molecule has 0 spiro atoms. The van der Waals surface area contributed by atoms with Gasteiger partial charge in [-0.05, 0) is 44.9 Å². The summed E-state index contributed by atoms with van der Waals surface area (Å²) in [7, 11) is 0. The minimum atomic E-state index is -0.766. The standard InChI is InChI=1S/C66H126O6/c1-4-7-10-13-16-19-22-25-27-29-31-32-33-34-36-37-39-41-44-47-50-53-56-59-65(68)71-62-63(61-70-64(67)58-55-52-49-46-43-24-21-18-15-12-9-6-3)72-66(69)60-57-54-51-48-45-42-40-38-35-30-28-26-23-20-17-14-11-8-5-2/h26,28,63H,4-25,27,29-62H2,1-3H3/b28-26-. The maximum atomic E-state index is 12.9. The molecule has 6 heteroatoms. The van der Waals surface area contributed by atoms with E-state index in [9.17, 15) is 14.4 Å². The van der Waals surface area contributed by atoms with Crippen molar-refractivity contribution in [3.63, 3.8) is 0 Å². The molecular weight excluding hydrogens is 889 g/mol. The van der Waals surface area contributed by atoms with Crippen LogP contribution in [0.25, 0.3) is 0 Å². The number of hydrogen-bond acceptors (Lipinski definition) is 6. The van der Waals surface area contributed by atoms with Gasteiger partial charge in [0.1, 0.15) is 13.2 Å². The SMILES string of the molecule is CCCCCCCC/C=C\CCCCCCCCCCCC(=O)OC(COC(=O)CCCCCCCCCCCCCC)COC(=O)CCCCCCCCCCCCCCCCCCCCCCCCC. The van der Waals surface area contributed by atoms with Gasteiger partial charge in [-0.25, -0.2) is 0 Å². The molecule has 6 nitrogen and oxygen atoms in total. The first-order chi connectivity index (χ1) is 35.5. The molecule has 0 N–H and O–H groups in total. The lowest BCUT2D eigenvalue weighted by Gasteiger charge is -2.18. The second-order valence-electron chi connectivity index (χ2n) is 22.4. The Morgan fingerprint density at radius 1 is 0.264 bits per heavy atom. The second-order valence-corrected chi connectivity index (χ2v) is 22.4. The zero-order valence-corrected chi connectivity index (χ0v) is 49.0. The fourth-order valence-corrected chi connectivity index (χ4v) is 10.1. The summed E-state index contributed by atoms with van der Waals surface area (Å²) in [4.78, 5) is 38.3. The van der Waals surface area contributed by atoms with Crippen LogP contribution >= 0.6 is 0 Å². The van der Waals surface area contributed by atoms with Gasteiger partial charge in [-0.1, -0.05) is 322 Å². The van der Waals surface area contributed by atoms with Gasteiger partial charge in [-0.2, -0.15) is 0 Å². The molecular formula is C66H126O6. The minimum Gasteiger partial charge on any atom is -0.462 e. The molecule has 426 valence electrons. The Kier molecular flexibility index (Phi) is 60.1. The highest BCUT2D eigenvalue weighted by Crippen LogP contribution is 2.18. The average molecular weight is 1020 g/mol. The number of rotatable bonds is 61. The summed E-state index contributed by atoms with van der Waals surface area (Å²) in [5.41, 5.74) is 0. The maximum Gasteiger partial charge on any atom is 0.306 e. The van der Waals surface area contributed by atoms with Crippen molar-refractivity contribution in [2.24, 2.45) is 0 Å². The number of ether oxygens (including phenoxy) is 3. The van der Waals surface area contributed by atoms with Gasteiger partial charge in [0.05, 0.1) is 0 Å². The fraction of sp³-hybridized carbons (Fsp3) is 0.924. The van der Waals surface area contributed by atoms with Crippen molar-refractivity contribution in [2.75, 3.05) is 13.2 Å². The molecule has 0 radical (unpaired) electrons. The van der Waals surface area contributed by atoms with Crippen molar-refractivity contribution < 1.29 is 28.6 Å². The van der Waals surface area contributed by atoms with E-state index in [-0.39, 0.29) is 31.1 Å². The summed E-state index contributed by atoms with van der Waals surface area (Å²) < 4.78 is 16.9. The van der Waals surface area contributed by atoms with Crippen LogP contribution in [0, 0.1) is 0 Å². The van der Waals surface area contributed by atoms with Gasteiger partial charge in [0.2, 0.25) is 0 Å². The predicted molar refractivity (Wildman–Crippen MR) is 312 cm³/mol. The van der Waals surface area contributed by atoms with E-state index in [1.54, 1.807) is 0 Å². The van der Waals surface area contributed by atoms with Crippen LogP contribution in [0.5, 0.6) is 0 Å². The molecule has 0 aromatic carbocycles. The fourth-order valence-electron chi connectivity index (χ4n) is 10.1. The highest BCUT2D eigenvalue weighted by Gasteiger charge is 2.19. The Bertz CT molecular complexity index is 1120. The van der Waals surface area contributed by atoms with Crippen LogP contribution in [0.2, 0.25) is 0 Å². The van der Waals surface area contributed by atoms with Crippen molar-refractivity contribution in [1.82, 2.24) is 0 Å². The van der Waals surface area contributed by atoms with Gasteiger partial charge in [0.25, 0.3) is 0 Å². The lowest BCUT2D eigenvalue weighted by atomic mass is 10.0. The maximum absolute atomic E-state index is 12.9. The Balaban J connectivity index is 4.22. The van der Waals surface area contributed by atoms with Gasteiger partial charge < -0.3 is 14.2 Å². The molecule has 0 aliphatic rings. The highest BCUT2D eigenvalue weighted by atomic mass is 16.6. The van der Waals surface area contributed by atoms with Gasteiger partial charge in [-0.15, -0.1) is 0 Å². The van der Waals surface area contributed by atoms with E-state index in [2.05, 4.69) is 32.9 Å². The summed E-state index contributed by atoms with van der Waals surface area (Å²) in [6, 6.07) is 0. The molecule has 0 fully saturated rings.